The summed E-state index contributed by atoms with van der Waals surface area (Å²) in [6, 6.07) is 60.4. The zero-order valence-electron chi connectivity index (χ0n) is 36.5. The fraction of sp³-hybridized carbons (Fsp3) is 0.193. The van der Waals surface area contributed by atoms with Crippen molar-refractivity contribution in [2.75, 3.05) is 4.90 Å². The van der Waals surface area contributed by atoms with E-state index in [4.69, 9.17) is 0 Å². The predicted octanol–water partition coefficient (Wildman–Crippen LogP) is 16.9. The number of aryl methyl sites for hydroxylation is 6. The number of rotatable bonds is 8. The second-order valence-electron chi connectivity index (χ2n) is 15.1. The Balaban J connectivity index is 0.000000303. The third kappa shape index (κ3) is 14.7. The fourth-order valence-electron chi connectivity index (χ4n) is 6.33. The molecule has 0 aliphatic rings. The Hall–Kier alpha value is -6.18. The van der Waals surface area contributed by atoms with E-state index < -0.39 is 0 Å². The molecule has 0 aliphatic heterocycles. The Kier molecular flexibility index (Phi) is 17.8. The van der Waals surface area contributed by atoms with Gasteiger partial charge in [0.05, 0.1) is 0 Å². The van der Waals surface area contributed by atoms with Gasteiger partial charge in [0.2, 0.25) is 0 Å². The maximum absolute atomic E-state index is 2.32. The van der Waals surface area contributed by atoms with E-state index in [0.717, 1.165) is 17.1 Å². The number of nitrogens with zero attached hydrogens (tertiary/aromatic N) is 1. The molecule has 58 heavy (non-hydrogen) atoms. The standard InChI is InChI=1S/C37H33N.C10H14.C8H10.C2H6/c1-28-10-12-31(13-11-28)14-15-32-16-18-33(19-17-32)20-21-34-22-24-35(25-23-34)38(36-8-4-6-29(2)26-36)37-9-5-7-30(3)27-37;1-8(2)10-6-4-5-9(3)7-10;1-7-4-3-5-8(2)6-7;1-2/h4-27H,1-3H3;4-8H,1-3H3;3-6H,1-2H3;1-2H3/b15-14+,21-20+;;;. The van der Waals surface area contributed by atoms with Crippen LogP contribution in [-0.2, 0) is 0 Å². The van der Waals surface area contributed by atoms with Crippen LogP contribution in [0.4, 0.5) is 17.1 Å². The van der Waals surface area contributed by atoms with Gasteiger partial charge in [0.15, 0.2) is 0 Å². The topological polar surface area (TPSA) is 3.24 Å². The summed E-state index contributed by atoms with van der Waals surface area (Å²) in [5.74, 6) is 0.653. The summed E-state index contributed by atoms with van der Waals surface area (Å²) < 4.78 is 0. The van der Waals surface area contributed by atoms with Gasteiger partial charge in [0.1, 0.15) is 0 Å². The Morgan fingerprint density at radius 3 is 0.983 bits per heavy atom. The summed E-state index contributed by atoms with van der Waals surface area (Å²) in [4.78, 5) is 2.32. The molecule has 7 rings (SSSR count). The molecule has 1 heteroatoms. The van der Waals surface area contributed by atoms with Crippen molar-refractivity contribution < 1.29 is 0 Å². The molecule has 0 aromatic heterocycles. The summed E-state index contributed by atoms with van der Waals surface area (Å²) in [7, 11) is 0. The molecule has 0 saturated carbocycles. The van der Waals surface area contributed by atoms with E-state index in [1.54, 1.807) is 0 Å². The smallest absolute Gasteiger partial charge is 0.0464 e. The van der Waals surface area contributed by atoms with Crippen LogP contribution in [0.15, 0.2) is 170 Å². The Bertz CT molecular complexity index is 2260. The van der Waals surface area contributed by atoms with E-state index in [0.29, 0.717) is 5.92 Å². The van der Waals surface area contributed by atoms with Gasteiger partial charge in [-0.3, -0.25) is 0 Å². The van der Waals surface area contributed by atoms with Gasteiger partial charge in [-0.15, -0.1) is 0 Å². The maximum atomic E-state index is 2.32. The number of hydrogen-bond donors (Lipinski definition) is 0. The molecule has 7 aromatic carbocycles. The van der Waals surface area contributed by atoms with Crippen molar-refractivity contribution in [1.29, 1.82) is 0 Å². The van der Waals surface area contributed by atoms with E-state index >= 15 is 0 Å². The van der Waals surface area contributed by atoms with E-state index in [1.165, 1.54) is 61.2 Å². The third-order valence-corrected chi connectivity index (χ3v) is 9.50. The summed E-state index contributed by atoms with van der Waals surface area (Å²) in [5, 5.41) is 0. The minimum atomic E-state index is 0.653. The molecule has 0 radical (unpaired) electrons. The lowest BCUT2D eigenvalue weighted by Gasteiger charge is -2.26. The monoisotopic (exact) mass is 761 g/mol. The lowest BCUT2D eigenvalue weighted by molar-refractivity contribution is 0.865. The Morgan fingerprint density at radius 1 is 0.328 bits per heavy atom. The Morgan fingerprint density at radius 2 is 0.655 bits per heavy atom. The van der Waals surface area contributed by atoms with Crippen molar-refractivity contribution in [3.8, 4) is 0 Å². The molecule has 0 spiro atoms. The molecule has 0 saturated heterocycles. The van der Waals surface area contributed by atoms with Gasteiger partial charge in [-0.2, -0.15) is 0 Å². The molecule has 7 aromatic rings. The zero-order chi connectivity index (χ0) is 41.9. The van der Waals surface area contributed by atoms with Crippen LogP contribution in [-0.4, -0.2) is 0 Å². The van der Waals surface area contributed by atoms with Crippen molar-refractivity contribution in [2.24, 2.45) is 0 Å². The van der Waals surface area contributed by atoms with Crippen molar-refractivity contribution >= 4 is 41.4 Å². The maximum Gasteiger partial charge on any atom is 0.0464 e. The first kappa shape index (κ1) is 44.5. The highest BCUT2D eigenvalue weighted by Gasteiger charge is 2.12. The summed E-state index contributed by atoms with van der Waals surface area (Å²) >= 11 is 0. The van der Waals surface area contributed by atoms with Gasteiger partial charge in [-0.1, -0.05) is 208 Å². The van der Waals surface area contributed by atoms with Crippen LogP contribution >= 0.6 is 0 Å². The number of benzene rings is 7. The van der Waals surface area contributed by atoms with Crippen LogP contribution in [0.25, 0.3) is 24.3 Å². The van der Waals surface area contributed by atoms with E-state index in [1.807, 2.05) is 13.8 Å². The average Bonchev–Trinajstić information content (AvgIpc) is 3.22. The molecule has 0 unspecified atom stereocenters. The molecular weight excluding hydrogens is 699 g/mol. The number of hydrogen-bond acceptors (Lipinski definition) is 1. The van der Waals surface area contributed by atoms with Crippen molar-refractivity contribution in [2.45, 2.75) is 75.2 Å². The first-order valence-electron chi connectivity index (χ1n) is 20.7. The zero-order valence-corrected chi connectivity index (χ0v) is 36.5. The Labute approximate surface area is 351 Å². The van der Waals surface area contributed by atoms with Crippen LogP contribution in [0.5, 0.6) is 0 Å². The average molecular weight is 762 g/mol. The van der Waals surface area contributed by atoms with Gasteiger partial charge in [-0.05, 0) is 123 Å². The molecule has 0 fully saturated rings. The quantitative estimate of drug-likeness (QED) is 0.139. The third-order valence-electron chi connectivity index (χ3n) is 9.50. The lowest BCUT2D eigenvalue weighted by atomic mass is 10.0. The van der Waals surface area contributed by atoms with Crippen LogP contribution < -0.4 is 4.90 Å². The van der Waals surface area contributed by atoms with Crippen LogP contribution in [0.1, 0.15) is 94.8 Å². The molecule has 1 nitrogen and oxygen atoms in total. The van der Waals surface area contributed by atoms with Gasteiger partial charge in [0, 0.05) is 17.1 Å². The summed E-state index contributed by atoms with van der Waals surface area (Å²) in [6.07, 6.45) is 8.65. The van der Waals surface area contributed by atoms with E-state index in [-0.39, 0.29) is 0 Å². The highest BCUT2D eigenvalue weighted by Crippen LogP contribution is 2.35. The lowest BCUT2D eigenvalue weighted by Crippen LogP contribution is -2.10. The minimum Gasteiger partial charge on any atom is -0.310 e. The minimum absolute atomic E-state index is 0.653. The molecule has 0 atom stereocenters. The normalized spacial score (nSPS) is 10.6. The van der Waals surface area contributed by atoms with Gasteiger partial charge in [-0.25, -0.2) is 0 Å². The van der Waals surface area contributed by atoms with Gasteiger partial charge < -0.3 is 4.90 Å². The van der Waals surface area contributed by atoms with Crippen molar-refractivity contribution in [3.63, 3.8) is 0 Å². The van der Waals surface area contributed by atoms with Crippen LogP contribution in [0.2, 0.25) is 0 Å². The first-order chi connectivity index (χ1) is 28.0. The van der Waals surface area contributed by atoms with Crippen molar-refractivity contribution in [1.82, 2.24) is 0 Å². The van der Waals surface area contributed by atoms with Gasteiger partial charge >= 0.3 is 0 Å². The molecule has 0 bridgehead atoms. The second-order valence-corrected chi connectivity index (χ2v) is 15.1. The molecule has 0 N–H and O–H groups in total. The molecule has 0 aliphatic carbocycles. The first-order valence-corrected chi connectivity index (χ1v) is 20.7. The second kappa shape index (κ2) is 23.1. The van der Waals surface area contributed by atoms with E-state index in [9.17, 15) is 0 Å². The predicted molar refractivity (Wildman–Crippen MR) is 259 cm³/mol. The highest BCUT2D eigenvalue weighted by atomic mass is 15.1. The van der Waals surface area contributed by atoms with Gasteiger partial charge in [0.25, 0.3) is 0 Å². The molecule has 0 heterocycles. The summed E-state index contributed by atoms with van der Waals surface area (Å²) in [6.45, 7) is 21.2. The molecule has 0 amide bonds. The van der Waals surface area contributed by atoms with Crippen molar-refractivity contribution in [3.05, 3.63) is 231 Å². The van der Waals surface area contributed by atoms with Crippen LogP contribution in [0, 0.1) is 41.5 Å². The highest BCUT2D eigenvalue weighted by molar-refractivity contribution is 5.79. The number of anilines is 3. The summed E-state index contributed by atoms with van der Waals surface area (Å²) in [5.41, 5.74) is 17.5. The van der Waals surface area contributed by atoms with Crippen LogP contribution in [0.3, 0.4) is 0 Å². The van der Waals surface area contributed by atoms with E-state index in [2.05, 4.69) is 254 Å². The fourth-order valence-corrected chi connectivity index (χ4v) is 6.33. The molecular formula is C57H63N. The largest absolute Gasteiger partial charge is 0.310 e. The molecule has 296 valence electrons. The SMILES string of the molecule is CC.Cc1ccc(/C=C/c2ccc(/C=C/c3ccc(N(c4cccc(C)c4)c4cccc(C)c4)cc3)cc2)cc1.Cc1cccc(C(C)C)c1.Cc1cccc(C)c1.